The van der Waals surface area contributed by atoms with Crippen molar-refractivity contribution >= 4 is 11.8 Å². The van der Waals surface area contributed by atoms with E-state index in [1.165, 1.54) is 57.1 Å². The van der Waals surface area contributed by atoms with Gasteiger partial charge >= 0.3 is 0 Å². The highest BCUT2D eigenvalue weighted by Crippen LogP contribution is 2.29. The lowest BCUT2D eigenvalue weighted by molar-refractivity contribution is 0.414. The van der Waals surface area contributed by atoms with Gasteiger partial charge < -0.3 is 14.7 Å². The molecule has 2 aromatic rings. The molecule has 0 aromatic carbocycles. The second kappa shape index (κ2) is 10.7. The summed E-state index contributed by atoms with van der Waals surface area (Å²) in [6.45, 7) is 2.27. The minimum atomic E-state index is 0.831. The molecular formula is C24H33N3O. The first kappa shape index (κ1) is 20.2. The van der Waals surface area contributed by atoms with E-state index in [-0.39, 0.29) is 0 Å². The number of nitrogens with one attached hydrogen (secondary N) is 2. The van der Waals surface area contributed by atoms with Crippen molar-refractivity contribution in [3.63, 3.8) is 0 Å². The van der Waals surface area contributed by atoms with E-state index in [1.807, 2.05) is 24.4 Å². The van der Waals surface area contributed by atoms with Crippen LogP contribution in [0.1, 0.15) is 70.4 Å². The van der Waals surface area contributed by atoms with E-state index < -0.39 is 0 Å². The summed E-state index contributed by atoms with van der Waals surface area (Å²) in [7, 11) is 1.70. The molecule has 3 rings (SSSR count). The highest BCUT2D eigenvalue weighted by molar-refractivity contribution is 5.99. The molecule has 1 aliphatic heterocycles. The maximum absolute atomic E-state index is 5.53. The average Bonchev–Trinajstić information content (AvgIpc) is 3.45. The predicted molar refractivity (Wildman–Crippen MR) is 119 cm³/mol. The highest BCUT2D eigenvalue weighted by atomic mass is 16.5. The topological polar surface area (TPSA) is 53.2 Å². The van der Waals surface area contributed by atoms with Gasteiger partial charge in [-0.25, -0.2) is 0 Å². The molecule has 0 amide bonds. The van der Waals surface area contributed by atoms with Crippen LogP contribution in [0.4, 0.5) is 0 Å². The van der Waals surface area contributed by atoms with Crippen molar-refractivity contribution in [2.45, 2.75) is 64.7 Å². The first-order valence-electron chi connectivity index (χ1n) is 10.7. The number of aliphatic imine (C=N–C) groups is 1. The summed E-state index contributed by atoms with van der Waals surface area (Å²) in [6, 6.07) is 6.04. The summed E-state index contributed by atoms with van der Waals surface area (Å²) in [5.74, 6) is 0.831. The summed E-state index contributed by atoms with van der Waals surface area (Å²) in [5, 5.41) is 0. The molecule has 2 aromatic heterocycles. The molecule has 28 heavy (non-hydrogen) atoms. The Kier molecular flexibility index (Phi) is 7.77. The Hall–Kier alpha value is -2.49. The Balaban J connectivity index is 1.50. The fourth-order valence-corrected chi connectivity index (χ4v) is 3.60. The molecular weight excluding hydrogens is 346 g/mol. The van der Waals surface area contributed by atoms with Crippen molar-refractivity contribution in [2.24, 2.45) is 4.99 Å². The molecule has 0 bridgehead atoms. The van der Waals surface area contributed by atoms with Crippen molar-refractivity contribution < 1.29 is 4.74 Å². The van der Waals surface area contributed by atoms with Crippen LogP contribution in [-0.2, 0) is 0 Å². The Bertz CT molecular complexity index is 809. The molecule has 4 heteroatoms. The van der Waals surface area contributed by atoms with Crippen molar-refractivity contribution in [2.75, 3.05) is 7.11 Å². The number of unbranched alkanes of at least 4 members (excludes halogenated alkanes) is 7. The van der Waals surface area contributed by atoms with Crippen LogP contribution in [0.5, 0.6) is 5.75 Å². The van der Waals surface area contributed by atoms with Gasteiger partial charge in [-0.2, -0.15) is 0 Å². The normalized spacial score (nSPS) is 14.8. The number of hydrogen-bond acceptors (Lipinski definition) is 2. The van der Waals surface area contributed by atoms with E-state index in [4.69, 9.17) is 9.73 Å². The van der Waals surface area contributed by atoms with E-state index in [2.05, 4.69) is 35.1 Å². The minimum absolute atomic E-state index is 0.831. The zero-order valence-corrected chi connectivity index (χ0v) is 17.3. The van der Waals surface area contributed by atoms with E-state index in [9.17, 15) is 0 Å². The van der Waals surface area contributed by atoms with Gasteiger partial charge in [-0.05, 0) is 43.2 Å². The fraction of sp³-hybridized carbons (Fsp3) is 0.458. The number of rotatable bonds is 12. The molecule has 0 unspecified atom stereocenters. The van der Waals surface area contributed by atoms with E-state index in [0.29, 0.717) is 0 Å². The predicted octanol–water partition coefficient (Wildman–Crippen LogP) is 6.90. The van der Waals surface area contributed by atoms with Crippen LogP contribution in [0.3, 0.4) is 0 Å². The monoisotopic (exact) mass is 379 g/mol. The van der Waals surface area contributed by atoms with Gasteiger partial charge in [0, 0.05) is 18.0 Å². The number of hydrogen-bond donors (Lipinski definition) is 2. The van der Waals surface area contributed by atoms with Crippen LogP contribution in [0.25, 0.3) is 17.5 Å². The minimum Gasteiger partial charge on any atom is -0.494 e. The molecule has 0 fully saturated rings. The molecule has 1 aliphatic rings. The first-order chi connectivity index (χ1) is 13.8. The van der Waals surface area contributed by atoms with Crippen molar-refractivity contribution in [1.29, 1.82) is 0 Å². The lowest BCUT2D eigenvalue weighted by Crippen LogP contribution is -1.90. The quantitative estimate of drug-likeness (QED) is 0.387. The van der Waals surface area contributed by atoms with Gasteiger partial charge in [-0.1, -0.05) is 51.9 Å². The molecule has 0 radical (unpaired) electrons. The van der Waals surface area contributed by atoms with Gasteiger partial charge in [0.2, 0.25) is 0 Å². The standard InChI is InChI=1S/C24H33N3O/c1-3-4-5-6-7-8-9-10-12-19-14-15-20(26-19)17-23-24(28-2)18-22(27-23)21-13-11-16-25-21/h11,13-18,25,27H,3-10,12H2,1-2H3/b20-17-. The summed E-state index contributed by atoms with van der Waals surface area (Å²) in [6.07, 6.45) is 20.0. The first-order valence-corrected chi connectivity index (χ1v) is 10.7. The Morgan fingerprint density at radius 2 is 1.79 bits per heavy atom. The van der Waals surface area contributed by atoms with Crippen LogP contribution in [0, 0.1) is 0 Å². The molecule has 0 saturated heterocycles. The van der Waals surface area contributed by atoms with Crippen LogP contribution >= 0.6 is 0 Å². The number of ether oxygens (including phenoxy) is 1. The summed E-state index contributed by atoms with van der Waals surface area (Å²) >= 11 is 0. The molecule has 2 N–H and O–H groups in total. The largest absolute Gasteiger partial charge is 0.494 e. The number of aromatic nitrogens is 2. The fourth-order valence-electron chi connectivity index (χ4n) is 3.60. The molecule has 0 aliphatic carbocycles. The van der Waals surface area contributed by atoms with Crippen molar-refractivity contribution in [3.05, 3.63) is 47.9 Å². The number of allylic oxidation sites excluding steroid dienone is 2. The van der Waals surface area contributed by atoms with E-state index >= 15 is 0 Å². The van der Waals surface area contributed by atoms with Gasteiger partial charge in [0.05, 0.1) is 29.9 Å². The number of H-pyrrole nitrogens is 2. The van der Waals surface area contributed by atoms with Crippen molar-refractivity contribution in [3.8, 4) is 17.1 Å². The number of nitrogens with zero attached hydrogens (tertiary/aromatic N) is 1. The third-order valence-corrected chi connectivity index (χ3v) is 5.22. The SMILES string of the molecule is CCCCCCCCCCC1=N/C(=C\c2[nH]c(-c3ccc[nH]3)cc2OC)C=C1. The molecule has 3 heterocycles. The Labute approximate surface area is 168 Å². The van der Waals surface area contributed by atoms with E-state index in [0.717, 1.165) is 34.9 Å². The van der Waals surface area contributed by atoms with Crippen LogP contribution < -0.4 is 4.74 Å². The number of aromatic amines is 2. The lowest BCUT2D eigenvalue weighted by Gasteiger charge is -2.01. The van der Waals surface area contributed by atoms with E-state index in [1.54, 1.807) is 7.11 Å². The smallest absolute Gasteiger partial charge is 0.144 e. The van der Waals surface area contributed by atoms with Gasteiger partial charge in [0.1, 0.15) is 5.75 Å². The highest BCUT2D eigenvalue weighted by Gasteiger charge is 2.11. The molecule has 0 atom stereocenters. The molecule has 4 nitrogen and oxygen atoms in total. The maximum Gasteiger partial charge on any atom is 0.144 e. The Morgan fingerprint density at radius 1 is 1.00 bits per heavy atom. The van der Waals surface area contributed by atoms with Crippen molar-refractivity contribution in [1.82, 2.24) is 9.97 Å². The second-order valence-electron chi connectivity index (χ2n) is 7.48. The van der Waals surface area contributed by atoms with Crippen LogP contribution in [-0.4, -0.2) is 22.8 Å². The number of methoxy groups -OCH3 is 1. The van der Waals surface area contributed by atoms with Crippen LogP contribution in [0.2, 0.25) is 0 Å². The molecule has 0 saturated carbocycles. The van der Waals surface area contributed by atoms with Gasteiger partial charge in [0.25, 0.3) is 0 Å². The third kappa shape index (κ3) is 5.75. The summed E-state index contributed by atoms with van der Waals surface area (Å²) in [5.41, 5.74) is 5.17. The van der Waals surface area contributed by atoms with Gasteiger partial charge in [0.15, 0.2) is 0 Å². The maximum atomic E-state index is 5.53. The zero-order valence-electron chi connectivity index (χ0n) is 17.3. The molecule has 150 valence electrons. The summed E-state index contributed by atoms with van der Waals surface area (Å²) < 4.78 is 5.53. The molecule has 0 spiro atoms. The zero-order chi connectivity index (χ0) is 19.6. The average molecular weight is 380 g/mol. The lowest BCUT2D eigenvalue weighted by atomic mass is 10.1. The van der Waals surface area contributed by atoms with Crippen LogP contribution in [0.15, 0.2) is 47.2 Å². The van der Waals surface area contributed by atoms with Gasteiger partial charge in [-0.3, -0.25) is 4.99 Å². The second-order valence-corrected chi connectivity index (χ2v) is 7.48. The van der Waals surface area contributed by atoms with Gasteiger partial charge in [-0.15, -0.1) is 0 Å². The summed E-state index contributed by atoms with van der Waals surface area (Å²) in [4.78, 5) is 11.4. The third-order valence-electron chi connectivity index (χ3n) is 5.22. The Morgan fingerprint density at radius 3 is 2.50 bits per heavy atom.